The fourth-order valence-corrected chi connectivity index (χ4v) is 3.90. The van der Waals surface area contributed by atoms with E-state index in [-0.39, 0.29) is 16.8 Å². The van der Waals surface area contributed by atoms with Crippen LogP contribution in [0, 0.1) is 5.82 Å². The van der Waals surface area contributed by atoms with Gasteiger partial charge in [-0.05, 0) is 75.3 Å². The van der Waals surface area contributed by atoms with E-state index in [2.05, 4.69) is 28.9 Å². The number of likely N-dealkylation sites (N-methyl/N-ethyl adjacent to an activating group) is 1. The third-order valence-corrected chi connectivity index (χ3v) is 6.30. The lowest BCUT2D eigenvalue weighted by Crippen LogP contribution is -2.41. The average Bonchev–Trinajstić information content (AvgIpc) is 3.51. The molecule has 2 aromatic rings. The third-order valence-electron chi connectivity index (χ3n) is 4.90. The van der Waals surface area contributed by atoms with Gasteiger partial charge in [-0.15, -0.1) is 0 Å². The largest absolute Gasteiger partial charge is 0.350 e. The molecular weight excluding hydrogens is 381 g/mol. The number of nitrogens with one attached hydrogen (secondary N) is 2. The minimum absolute atomic E-state index is 0.0375. The summed E-state index contributed by atoms with van der Waals surface area (Å²) in [6, 6.07) is 11.6. The Hall–Kier alpha value is -2.45. The van der Waals surface area contributed by atoms with Crippen LogP contribution in [0.15, 0.2) is 53.4 Å². The number of hydrogen-bond donors (Lipinski definition) is 2. The second-order valence-corrected chi connectivity index (χ2v) is 8.77. The Morgan fingerprint density at radius 3 is 2.32 bits per heavy atom. The van der Waals surface area contributed by atoms with Crippen LogP contribution >= 0.6 is 0 Å². The van der Waals surface area contributed by atoms with Crippen LogP contribution in [0.25, 0.3) is 0 Å². The summed E-state index contributed by atoms with van der Waals surface area (Å²) in [5, 5.41) is 2.91. The first-order valence-corrected chi connectivity index (χ1v) is 10.6. The maximum absolute atomic E-state index is 13.0. The number of amides is 1. The van der Waals surface area contributed by atoms with E-state index in [0.29, 0.717) is 23.8 Å². The molecule has 6 nitrogen and oxygen atoms in total. The number of anilines is 1. The SMILES string of the molecule is CC(CNC(=O)c1ccc(NS(=O)(=O)c2ccc(F)cc2)cc1)N(C)C1CC1. The molecule has 1 unspecified atom stereocenters. The van der Waals surface area contributed by atoms with Gasteiger partial charge in [0.2, 0.25) is 0 Å². The molecule has 0 spiro atoms. The lowest BCUT2D eigenvalue weighted by atomic mass is 10.2. The minimum Gasteiger partial charge on any atom is -0.350 e. The predicted molar refractivity (Wildman–Crippen MR) is 106 cm³/mol. The van der Waals surface area contributed by atoms with Crippen LogP contribution in [0.2, 0.25) is 0 Å². The number of carbonyl (C=O) groups excluding carboxylic acids is 1. The smallest absolute Gasteiger partial charge is 0.261 e. The van der Waals surface area contributed by atoms with Crippen molar-refractivity contribution in [3.63, 3.8) is 0 Å². The van der Waals surface area contributed by atoms with Crippen molar-refractivity contribution >= 4 is 21.6 Å². The van der Waals surface area contributed by atoms with E-state index in [9.17, 15) is 17.6 Å². The molecule has 150 valence electrons. The van der Waals surface area contributed by atoms with E-state index in [0.717, 1.165) is 12.1 Å². The summed E-state index contributed by atoms with van der Waals surface area (Å²) in [5.41, 5.74) is 0.772. The topological polar surface area (TPSA) is 78.5 Å². The van der Waals surface area contributed by atoms with Crippen molar-refractivity contribution in [1.82, 2.24) is 10.2 Å². The van der Waals surface area contributed by atoms with Gasteiger partial charge in [0.05, 0.1) is 4.90 Å². The summed E-state index contributed by atoms with van der Waals surface area (Å²) >= 11 is 0. The monoisotopic (exact) mass is 405 g/mol. The molecule has 1 aliphatic rings. The summed E-state index contributed by atoms with van der Waals surface area (Å²) in [7, 11) is -1.75. The van der Waals surface area contributed by atoms with Crippen molar-refractivity contribution in [2.75, 3.05) is 18.3 Å². The van der Waals surface area contributed by atoms with E-state index >= 15 is 0 Å². The van der Waals surface area contributed by atoms with Gasteiger partial charge in [-0.2, -0.15) is 0 Å². The van der Waals surface area contributed by atoms with Crippen molar-refractivity contribution in [3.05, 3.63) is 59.9 Å². The first kappa shape index (κ1) is 20.3. The van der Waals surface area contributed by atoms with E-state index in [4.69, 9.17) is 0 Å². The highest BCUT2D eigenvalue weighted by atomic mass is 32.2. The highest BCUT2D eigenvalue weighted by Crippen LogP contribution is 2.26. The normalized spacial score (nSPS) is 15.3. The second-order valence-electron chi connectivity index (χ2n) is 7.09. The van der Waals surface area contributed by atoms with Crippen LogP contribution in [0.1, 0.15) is 30.1 Å². The van der Waals surface area contributed by atoms with Crippen LogP contribution in [0.5, 0.6) is 0 Å². The van der Waals surface area contributed by atoms with E-state index in [1.807, 2.05) is 0 Å². The Morgan fingerprint density at radius 1 is 1.14 bits per heavy atom. The number of hydrogen-bond acceptors (Lipinski definition) is 4. The molecule has 0 radical (unpaired) electrons. The molecule has 0 heterocycles. The molecule has 3 rings (SSSR count). The van der Waals surface area contributed by atoms with Crippen molar-refractivity contribution in [1.29, 1.82) is 0 Å². The van der Waals surface area contributed by atoms with Crippen LogP contribution in [-0.4, -0.2) is 44.9 Å². The van der Waals surface area contributed by atoms with Crippen molar-refractivity contribution in [2.24, 2.45) is 0 Å². The van der Waals surface area contributed by atoms with E-state index in [1.165, 1.54) is 37.1 Å². The maximum Gasteiger partial charge on any atom is 0.261 e. The number of benzene rings is 2. The summed E-state index contributed by atoms with van der Waals surface area (Å²) in [4.78, 5) is 14.5. The summed E-state index contributed by atoms with van der Waals surface area (Å²) in [6.07, 6.45) is 2.42. The summed E-state index contributed by atoms with van der Waals surface area (Å²) < 4.78 is 40.0. The Bertz CT molecular complexity index is 926. The van der Waals surface area contributed by atoms with Gasteiger partial charge in [-0.25, -0.2) is 12.8 Å². The molecule has 0 aliphatic heterocycles. The molecule has 2 N–H and O–H groups in total. The van der Waals surface area contributed by atoms with Crippen LogP contribution in [0.3, 0.4) is 0 Å². The van der Waals surface area contributed by atoms with Gasteiger partial charge in [0.1, 0.15) is 5.82 Å². The van der Waals surface area contributed by atoms with E-state index in [1.54, 1.807) is 12.1 Å². The van der Waals surface area contributed by atoms with E-state index < -0.39 is 15.8 Å². The van der Waals surface area contributed by atoms with Crippen LogP contribution in [0.4, 0.5) is 10.1 Å². The Kier molecular flexibility index (Phi) is 6.00. The molecular formula is C20H24FN3O3S. The van der Waals surface area contributed by atoms with Crippen LogP contribution < -0.4 is 10.0 Å². The molecule has 0 bridgehead atoms. The van der Waals surface area contributed by atoms with Gasteiger partial charge in [-0.1, -0.05) is 0 Å². The van der Waals surface area contributed by atoms with Gasteiger partial charge < -0.3 is 5.32 Å². The highest BCUT2D eigenvalue weighted by Gasteiger charge is 2.29. The zero-order valence-corrected chi connectivity index (χ0v) is 16.7. The molecule has 2 aromatic carbocycles. The summed E-state index contributed by atoms with van der Waals surface area (Å²) in [6.45, 7) is 2.62. The molecule has 0 saturated heterocycles. The van der Waals surface area contributed by atoms with Gasteiger partial charge >= 0.3 is 0 Å². The van der Waals surface area contributed by atoms with Crippen molar-refractivity contribution in [2.45, 2.75) is 36.7 Å². The lowest BCUT2D eigenvalue weighted by Gasteiger charge is -2.24. The van der Waals surface area contributed by atoms with Crippen LogP contribution in [-0.2, 0) is 10.0 Å². The van der Waals surface area contributed by atoms with Crippen molar-refractivity contribution in [3.8, 4) is 0 Å². The zero-order chi connectivity index (χ0) is 20.3. The molecule has 1 amide bonds. The second kappa shape index (κ2) is 8.28. The minimum atomic E-state index is -3.82. The number of rotatable bonds is 8. The Morgan fingerprint density at radius 2 is 1.75 bits per heavy atom. The quantitative estimate of drug-likeness (QED) is 0.708. The molecule has 1 saturated carbocycles. The molecule has 8 heteroatoms. The first-order valence-electron chi connectivity index (χ1n) is 9.15. The first-order chi connectivity index (χ1) is 13.3. The zero-order valence-electron chi connectivity index (χ0n) is 15.9. The molecule has 28 heavy (non-hydrogen) atoms. The lowest BCUT2D eigenvalue weighted by molar-refractivity contribution is 0.0939. The van der Waals surface area contributed by atoms with Gasteiger partial charge in [-0.3, -0.25) is 14.4 Å². The third kappa shape index (κ3) is 5.08. The number of carbonyl (C=O) groups is 1. The fourth-order valence-electron chi connectivity index (χ4n) is 2.85. The summed E-state index contributed by atoms with van der Waals surface area (Å²) in [5.74, 6) is -0.712. The van der Waals surface area contributed by atoms with Gasteiger partial charge in [0.15, 0.2) is 0 Å². The fraction of sp³-hybridized carbons (Fsp3) is 0.350. The average molecular weight is 405 g/mol. The molecule has 1 aliphatic carbocycles. The Balaban J connectivity index is 1.58. The molecule has 1 fully saturated rings. The number of sulfonamides is 1. The van der Waals surface area contributed by atoms with Crippen molar-refractivity contribution < 1.29 is 17.6 Å². The van der Waals surface area contributed by atoms with Gasteiger partial charge in [0, 0.05) is 29.9 Å². The number of nitrogens with zero attached hydrogens (tertiary/aromatic N) is 1. The maximum atomic E-state index is 13.0. The van der Waals surface area contributed by atoms with Gasteiger partial charge in [0.25, 0.3) is 15.9 Å². The standard InChI is InChI=1S/C20H24FN3O3S/c1-14(24(2)18-9-10-18)13-22-20(25)15-3-7-17(8-4-15)23-28(26,27)19-11-5-16(21)6-12-19/h3-8,11-12,14,18,23H,9-10,13H2,1-2H3,(H,22,25). The molecule has 0 aromatic heterocycles. The predicted octanol–water partition coefficient (Wildman–Crippen LogP) is 2.84. The number of halogens is 1. The molecule has 1 atom stereocenters. The highest BCUT2D eigenvalue weighted by molar-refractivity contribution is 7.92. The Labute approximate surface area is 164 Å².